The second-order valence-corrected chi connectivity index (χ2v) is 7.13. The van der Waals surface area contributed by atoms with Crippen molar-refractivity contribution in [1.82, 2.24) is 15.5 Å². The number of halogens is 2. The van der Waals surface area contributed by atoms with Crippen LogP contribution in [0, 0.1) is 0 Å². The first-order valence-electron chi connectivity index (χ1n) is 9.89. The fourth-order valence-electron chi connectivity index (χ4n) is 3.48. The second-order valence-electron chi connectivity index (χ2n) is 7.13. The molecule has 156 valence electrons. The first-order valence-corrected chi connectivity index (χ1v) is 9.89. The number of hydrogen-bond acceptors (Lipinski definition) is 3. The lowest BCUT2D eigenvalue weighted by Gasteiger charge is -2.33. The van der Waals surface area contributed by atoms with Crippen LogP contribution in [0.2, 0.25) is 0 Å². The van der Waals surface area contributed by atoms with Gasteiger partial charge in [0.05, 0.1) is 0 Å². The van der Waals surface area contributed by atoms with Crippen molar-refractivity contribution in [3.8, 4) is 5.75 Å². The molecular weight excluding hydrogens is 374 g/mol. The number of guanidine groups is 1. The average molecular weight is 402 g/mol. The normalized spacial score (nSPS) is 16.1. The van der Waals surface area contributed by atoms with Crippen molar-refractivity contribution < 1.29 is 13.5 Å². The number of piperidine rings is 1. The van der Waals surface area contributed by atoms with E-state index in [1.807, 2.05) is 12.1 Å². The highest BCUT2D eigenvalue weighted by Crippen LogP contribution is 2.16. The van der Waals surface area contributed by atoms with Gasteiger partial charge < -0.3 is 15.4 Å². The molecule has 1 fully saturated rings. The molecule has 0 aliphatic carbocycles. The lowest BCUT2D eigenvalue weighted by Crippen LogP contribution is -2.48. The summed E-state index contributed by atoms with van der Waals surface area (Å²) in [6.45, 7) is 0.720. The smallest absolute Gasteiger partial charge is 0.387 e. The molecule has 0 aromatic heterocycles. The van der Waals surface area contributed by atoms with Gasteiger partial charge in [-0.05, 0) is 36.1 Å². The van der Waals surface area contributed by atoms with Crippen LogP contribution in [0.4, 0.5) is 8.78 Å². The van der Waals surface area contributed by atoms with E-state index < -0.39 is 6.61 Å². The summed E-state index contributed by atoms with van der Waals surface area (Å²) in [5.41, 5.74) is 2.19. The maximum atomic E-state index is 12.4. The Morgan fingerprint density at radius 3 is 2.52 bits per heavy atom. The fourth-order valence-corrected chi connectivity index (χ4v) is 3.48. The molecule has 3 rings (SSSR count). The summed E-state index contributed by atoms with van der Waals surface area (Å²) in [7, 11) is 1.73. The van der Waals surface area contributed by atoms with Crippen molar-refractivity contribution in [1.29, 1.82) is 0 Å². The van der Waals surface area contributed by atoms with Gasteiger partial charge in [-0.1, -0.05) is 42.5 Å². The van der Waals surface area contributed by atoms with Gasteiger partial charge in [0.2, 0.25) is 0 Å². The van der Waals surface area contributed by atoms with Crippen molar-refractivity contribution in [3.63, 3.8) is 0 Å². The third-order valence-electron chi connectivity index (χ3n) is 4.98. The number of nitrogens with one attached hydrogen (secondary N) is 2. The minimum Gasteiger partial charge on any atom is -0.435 e. The molecule has 0 bridgehead atoms. The lowest BCUT2D eigenvalue weighted by molar-refractivity contribution is -0.0498. The van der Waals surface area contributed by atoms with E-state index in [0.717, 1.165) is 38.0 Å². The third kappa shape index (κ3) is 7.02. The molecule has 2 aromatic carbocycles. The average Bonchev–Trinajstić information content (AvgIpc) is 2.73. The van der Waals surface area contributed by atoms with Crippen LogP contribution < -0.4 is 15.4 Å². The molecule has 5 nitrogen and oxygen atoms in total. The summed E-state index contributed by atoms with van der Waals surface area (Å²) in [5, 5.41) is 6.71. The Labute approximate surface area is 170 Å². The SMILES string of the molecule is CN=C(NCc1cccc(OC(F)F)c1)NC1CCN(Cc2ccccc2)CC1. The summed E-state index contributed by atoms with van der Waals surface area (Å²) in [4.78, 5) is 6.75. The maximum Gasteiger partial charge on any atom is 0.387 e. The van der Waals surface area contributed by atoms with Gasteiger partial charge in [0, 0.05) is 39.3 Å². The molecule has 7 heteroatoms. The minimum absolute atomic E-state index is 0.160. The highest BCUT2D eigenvalue weighted by molar-refractivity contribution is 5.79. The summed E-state index contributed by atoms with van der Waals surface area (Å²) in [6.07, 6.45) is 2.09. The molecule has 1 heterocycles. The van der Waals surface area contributed by atoms with Crippen molar-refractivity contribution in [2.24, 2.45) is 4.99 Å². The summed E-state index contributed by atoms with van der Waals surface area (Å²) in [5.74, 6) is 0.875. The zero-order valence-corrected chi connectivity index (χ0v) is 16.7. The van der Waals surface area contributed by atoms with E-state index in [-0.39, 0.29) is 5.75 Å². The molecular formula is C22H28F2N4O. The monoisotopic (exact) mass is 402 g/mol. The molecule has 0 spiro atoms. The Kier molecular flexibility index (Phi) is 7.81. The molecule has 1 saturated heterocycles. The van der Waals surface area contributed by atoms with Crippen molar-refractivity contribution >= 4 is 5.96 Å². The Hall–Kier alpha value is -2.67. The Morgan fingerprint density at radius 1 is 1.10 bits per heavy atom. The van der Waals surface area contributed by atoms with E-state index in [4.69, 9.17) is 0 Å². The standard InChI is InChI=1S/C22H28F2N4O/c1-25-22(26-15-18-8-5-9-20(14-18)29-21(23)24)27-19-10-12-28(13-11-19)16-17-6-3-2-4-7-17/h2-9,14,19,21H,10-13,15-16H2,1H3,(H2,25,26,27). The number of rotatable bonds is 7. The number of likely N-dealkylation sites (tertiary alicyclic amines) is 1. The number of nitrogens with zero attached hydrogens (tertiary/aromatic N) is 2. The summed E-state index contributed by atoms with van der Waals surface area (Å²) < 4.78 is 29.2. The lowest BCUT2D eigenvalue weighted by atomic mass is 10.0. The number of alkyl halides is 2. The van der Waals surface area contributed by atoms with Crippen LogP contribution in [0.25, 0.3) is 0 Å². The van der Waals surface area contributed by atoms with Crippen molar-refractivity contribution in [2.45, 2.75) is 38.6 Å². The molecule has 1 aliphatic rings. The molecule has 0 unspecified atom stereocenters. The van der Waals surface area contributed by atoms with Gasteiger partial charge >= 0.3 is 6.61 Å². The molecule has 29 heavy (non-hydrogen) atoms. The van der Waals surface area contributed by atoms with E-state index in [1.54, 1.807) is 19.2 Å². The van der Waals surface area contributed by atoms with Gasteiger partial charge in [-0.25, -0.2) is 0 Å². The number of aliphatic imine (C=N–C) groups is 1. The van der Waals surface area contributed by atoms with Crippen LogP contribution >= 0.6 is 0 Å². The van der Waals surface area contributed by atoms with Crippen LogP contribution in [0.3, 0.4) is 0 Å². The first kappa shape index (κ1) is 21.0. The Balaban J connectivity index is 1.43. The van der Waals surface area contributed by atoms with Crippen LogP contribution in [-0.2, 0) is 13.1 Å². The predicted octanol–water partition coefficient (Wildman–Crippen LogP) is 3.62. The molecule has 0 saturated carbocycles. The van der Waals surface area contributed by atoms with Crippen molar-refractivity contribution in [2.75, 3.05) is 20.1 Å². The van der Waals surface area contributed by atoms with Gasteiger partial charge in [-0.3, -0.25) is 9.89 Å². The highest BCUT2D eigenvalue weighted by atomic mass is 19.3. The third-order valence-corrected chi connectivity index (χ3v) is 4.98. The van der Waals surface area contributed by atoms with E-state index in [9.17, 15) is 8.78 Å². The highest BCUT2D eigenvalue weighted by Gasteiger charge is 2.20. The summed E-state index contributed by atoms with van der Waals surface area (Å²) in [6, 6.07) is 17.6. The van der Waals surface area contributed by atoms with E-state index in [0.29, 0.717) is 18.5 Å². The van der Waals surface area contributed by atoms with E-state index in [1.165, 1.54) is 11.6 Å². The van der Waals surface area contributed by atoms with Crippen LogP contribution in [-0.4, -0.2) is 43.6 Å². The van der Waals surface area contributed by atoms with Gasteiger partial charge in [-0.15, -0.1) is 0 Å². The molecule has 0 radical (unpaired) electrons. The fraction of sp³-hybridized carbons (Fsp3) is 0.409. The number of ether oxygens (including phenoxy) is 1. The summed E-state index contributed by atoms with van der Waals surface area (Å²) >= 11 is 0. The maximum absolute atomic E-state index is 12.4. The van der Waals surface area contributed by atoms with Gasteiger partial charge in [0.25, 0.3) is 0 Å². The molecule has 2 N–H and O–H groups in total. The molecule has 1 aliphatic heterocycles. The Bertz CT molecular complexity index is 777. The number of benzene rings is 2. The van der Waals surface area contributed by atoms with E-state index >= 15 is 0 Å². The number of hydrogen-bond donors (Lipinski definition) is 2. The molecule has 0 atom stereocenters. The largest absolute Gasteiger partial charge is 0.435 e. The minimum atomic E-state index is -2.82. The van der Waals surface area contributed by atoms with E-state index in [2.05, 4.69) is 49.5 Å². The Morgan fingerprint density at radius 2 is 1.83 bits per heavy atom. The van der Waals surface area contributed by atoms with Gasteiger partial charge in [0.1, 0.15) is 5.75 Å². The predicted molar refractivity (Wildman–Crippen MR) is 111 cm³/mol. The second kappa shape index (κ2) is 10.8. The molecule has 2 aromatic rings. The van der Waals surface area contributed by atoms with Crippen LogP contribution in [0.15, 0.2) is 59.6 Å². The van der Waals surface area contributed by atoms with Crippen molar-refractivity contribution in [3.05, 3.63) is 65.7 Å². The first-order chi connectivity index (χ1) is 14.1. The van der Waals surface area contributed by atoms with Crippen LogP contribution in [0.1, 0.15) is 24.0 Å². The quantitative estimate of drug-likeness (QED) is 0.549. The van der Waals surface area contributed by atoms with Gasteiger partial charge in [-0.2, -0.15) is 8.78 Å². The zero-order valence-electron chi connectivity index (χ0n) is 16.7. The molecule has 0 amide bonds. The van der Waals surface area contributed by atoms with Gasteiger partial charge in [0.15, 0.2) is 5.96 Å². The zero-order chi connectivity index (χ0) is 20.5. The topological polar surface area (TPSA) is 48.9 Å². The van der Waals surface area contributed by atoms with Crippen LogP contribution in [0.5, 0.6) is 5.75 Å².